The molecule has 0 radical (unpaired) electrons. The zero-order valence-corrected chi connectivity index (χ0v) is 15.0. The molecule has 4 rings (SSSR count). The van der Waals surface area contributed by atoms with Gasteiger partial charge in [0.25, 0.3) is 0 Å². The van der Waals surface area contributed by atoms with Gasteiger partial charge in [0, 0.05) is 17.7 Å². The topological polar surface area (TPSA) is 64.8 Å². The molecule has 0 N–H and O–H groups in total. The summed E-state index contributed by atoms with van der Waals surface area (Å²) in [4.78, 5) is 4.90. The molecule has 1 aromatic rings. The van der Waals surface area contributed by atoms with Crippen LogP contribution in [0.4, 0.5) is 0 Å². The molecular weight excluding hydrogens is 322 g/mol. The van der Waals surface area contributed by atoms with Crippen molar-refractivity contribution in [3.63, 3.8) is 0 Å². The number of rotatable bonds is 4. The van der Waals surface area contributed by atoms with Crippen LogP contribution in [0.5, 0.6) is 0 Å². The van der Waals surface area contributed by atoms with Gasteiger partial charge in [0.15, 0.2) is 15.7 Å². The van der Waals surface area contributed by atoms with Crippen LogP contribution in [0.3, 0.4) is 0 Å². The molecule has 1 atom stereocenters. The number of sulfone groups is 1. The van der Waals surface area contributed by atoms with Gasteiger partial charge >= 0.3 is 0 Å². The first kappa shape index (κ1) is 16.3. The Balaban J connectivity index is 1.59. The summed E-state index contributed by atoms with van der Waals surface area (Å²) in [6.45, 7) is 0. The zero-order valence-electron chi connectivity index (χ0n) is 14.2. The smallest absolute Gasteiger partial charge is 0.171 e. The third kappa shape index (κ3) is 3.44. The van der Waals surface area contributed by atoms with E-state index in [-0.39, 0.29) is 11.7 Å². The maximum atomic E-state index is 11.7. The van der Waals surface area contributed by atoms with Crippen LogP contribution in [0.1, 0.15) is 81.4 Å². The van der Waals surface area contributed by atoms with Crippen molar-refractivity contribution >= 4 is 9.84 Å². The molecule has 5 nitrogen and oxygen atoms in total. The van der Waals surface area contributed by atoms with Crippen molar-refractivity contribution in [2.24, 2.45) is 5.92 Å². The first-order valence-corrected chi connectivity index (χ1v) is 11.2. The Morgan fingerprint density at radius 1 is 1.04 bits per heavy atom. The minimum Gasteiger partial charge on any atom is -0.247 e. The Kier molecular flexibility index (Phi) is 4.50. The molecule has 1 aliphatic heterocycles. The quantitative estimate of drug-likeness (QED) is 0.834. The van der Waals surface area contributed by atoms with E-state index in [1.807, 2.05) is 6.08 Å². The highest BCUT2D eigenvalue weighted by Gasteiger charge is 2.29. The molecule has 2 aliphatic carbocycles. The summed E-state index contributed by atoms with van der Waals surface area (Å²) in [5, 5.41) is 6.30. The van der Waals surface area contributed by atoms with Gasteiger partial charge in [-0.05, 0) is 31.6 Å². The van der Waals surface area contributed by atoms with Gasteiger partial charge in [-0.15, -0.1) is 0 Å². The van der Waals surface area contributed by atoms with E-state index in [1.54, 1.807) is 0 Å². The van der Waals surface area contributed by atoms with Crippen LogP contribution in [0, 0.1) is 5.92 Å². The highest BCUT2D eigenvalue weighted by atomic mass is 32.2. The predicted octanol–water partition coefficient (Wildman–Crippen LogP) is 3.54. The lowest BCUT2D eigenvalue weighted by molar-refractivity contribution is 0.317. The van der Waals surface area contributed by atoms with Gasteiger partial charge in [-0.2, -0.15) is 5.10 Å². The zero-order chi connectivity index (χ0) is 16.6. The molecule has 1 aromatic heterocycles. The van der Waals surface area contributed by atoms with Crippen molar-refractivity contribution in [1.29, 1.82) is 0 Å². The molecule has 0 saturated heterocycles. The van der Waals surface area contributed by atoms with Crippen molar-refractivity contribution in [2.45, 2.75) is 76.2 Å². The lowest BCUT2D eigenvalue weighted by Gasteiger charge is -2.23. The van der Waals surface area contributed by atoms with Crippen molar-refractivity contribution in [3.8, 4) is 0 Å². The molecule has 3 aliphatic rings. The molecule has 24 heavy (non-hydrogen) atoms. The Hall–Kier alpha value is -1.17. The van der Waals surface area contributed by atoms with E-state index in [9.17, 15) is 8.42 Å². The fraction of sp³-hybridized carbons (Fsp3) is 0.778. The average Bonchev–Trinajstić information content (AvgIpc) is 3.28. The summed E-state index contributed by atoms with van der Waals surface area (Å²) >= 11 is 0. The molecule has 6 heteroatoms. The van der Waals surface area contributed by atoms with Crippen LogP contribution >= 0.6 is 0 Å². The lowest BCUT2D eigenvalue weighted by Crippen LogP contribution is -2.19. The summed E-state index contributed by atoms with van der Waals surface area (Å²) in [6, 6.07) is 0.457. The molecule has 0 amide bonds. The third-order valence-corrected chi connectivity index (χ3v) is 7.27. The van der Waals surface area contributed by atoms with Crippen LogP contribution in [0.2, 0.25) is 0 Å². The van der Waals surface area contributed by atoms with E-state index in [0.717, 1.165) is 11.6 Å². The molecule has 0 bridgehead atoms. The Bertz CT molecular complexity index is 711. The third-order valence-electron chi connectivity index (χ3n) is 5.81. The van der Waals surface area contributed by atoms with Crippen LogP contribution in [-0.2, 0) is 16.3 Å². The number of nitrogens with zero attached hydrogens (tertiary/aromatic N) is 3. The first-order chi connectivity index (χ1) is 11.6. The summed E-state index contributed by atoms with van der Waals surface area (Å²) in [7, 11) is -3.00. The summed E-state index contributed by atoms with van der Waals surface area (Å²) in [5.74, 6) is 2.81. The van der Waals surface area contributed by atoms with Crippen LogP contribution in [-0.4, -0.2) is 28.9 Å². The molecular formula is C18H27N3O2S. The van der Waals surface area contributed by atoms with Crippen molar-refractivity contribution in [3.05, 3.63) is 23.1 Å². The highest BCUT2D eigenvalue weighted by Crippen LogP contribution is 2.35. The Morgan fingerprint density at radius 3 is 2.42 bits per heavy atom. The molecule has 1 unspecified atom stereocenters. The largest absolute Gasteiger partial charge is 0.247 e. The SMILES string of the molecule is O=S1(=O)C=CC(Cc2nc(C3CCCC3)nn2C2CCCCC2)C1. The second kappa shape index (κ2) is 6.62. The lowest BCUT2D eigenvalue weighted by atomic mass is 9.95. The fourth-order valence-corrected chi connectivity index (χ4v) is 5.89. The van der Waals surface area contributed by atoms with Gasteiger partial charge in [-0.1, -0.05) is 38.2 Å². The normalized spacial score (nSPS) is 27.9. The maximum Gasteiger partial charge on any atom is 0.171 e. The molecule has 2 heterocycles. The van der Waals surface area contributed by atoms with Gasteiger partial charge in [-0.25, -0.2) is 18.1 Å². The maximum absolute atomic E-state index is 11.7. The summed E-state index contributed by atoms with van der Waals surface area (Å²) < 4.78 is 25.6. The van der Waals surface area contributed by atoms with E-state index in [1.165, 1.54) is 63.2 Å². The van der Waals surface area contributed by atoms with Gasteiger partial charge < -0.3 is 0 Å². The van der Waals surface area contributed by atoms with E-state index < -0.39 is 9.84 Å². The monoisotopic (exact) mass is 349 g/mol. The molecule has 2 fully saturated rings. The second-order valence-electron chi connectivity index (χ2n) is 7.73. The van der Waals surface area contributed by atoms with Crippen LogP contribution < -0.4 is 0 Å². The van der Waals surface area contributed by atoms with Crippen LogP contribution in [0.15, 0.2) is 11.5 Å². The molecule has 0 aromatic carbocycles. The van der Waals surface area contributed by atoms with Gasteiger partial charge in [0.1, 0.15) is 5.82 Å². The molecule has 2 saturated carbocycles. The fourth-order valence-electron chi connectivity index (χ4n) is 4.49. The van der Waals surface area contributed by atoms with Crippen molar-refractivity contribution < 1.29 is 8.42 Å². The van der Waals surface area contributed by atoms with Crippen molar-refractivity contribution in [2.75, 3.05) is 5.75 Å². The standard InChI is InChI=1S/C18H27N3O2S/c22-24(23)11-10-14(13-24)12-17-19-18(15-6-4-5-7-15)20-21(17)16-8-2-1-3-9-16/h10-11,14-16H,1-9,12-13H2. The minimum atomic E-state index is -3.00. The Morgan fingerprint density at radius 2 is 1.75 bits per heavy atom. The number of hydrogen-bond donors (Lipinski definition) is 0. The Labute approximate surface area is 144 Å². The summed E-state index contributed by atoms with van der Waals surface area (Å²) in [6.07, 6.45) is 13.7. The summed E-state index contributed by atoms with van der Waals surface area (Å²) in [5.41, 5.74) is 0. The first-order valence-electron chi connectivity index (χ1n) is 9.47. The number of hydrogen-bond acceptors (Lipinski definition) is 4. The van der Waals surface area contributed by atoms with E-state index in [2.05, 4.69) is 4.68 Å². The highest BCUT2D eigenvalue weighted by molar-refractivity contribution is 7.94. The van der Waals surface area contributed by atoms with E-state index in [0.29, 0.717) is 18.4 Å². The van der Waals surface area contributed by atoms with E-state index in [4.69, 9.17) is 10.1 Å². The predicted molar refractivity (Wildman–Crippen MR) is 93.5 cm³/mol. The van der Waals surface area contributed by atoms with Gasteiger partial charge in [0.05, 0.1) is 11.8 Å². The second-order valence-corrected chi connectivity index (χ2v) is 9.66. The number of aromatic nitrogens is 3. The van der Waals surface area contributed by atoms with Gasteiger partial charge in [-0.3, -0.25) is 0 Å². The average molecular weight is 350 g/mol. The van der Waals surface area contributed by atoms with Gasteiger partial charge in [0.2, 0.25) is 0 Å². The molecule has 132 valence electrons. The van der Waals surface area contributed by atoms with E-state index >= 15 is 0 Å². The van der Waals surface area contributed by atoms with Crippen LogP contribution in [0.25, 0.3) is 0 Å². The molecule has 0 spiro atoms. The minimum absolute atomic E-state index is 0.0537. The number of allylic oxidation sites excluding steroid dienone is 1. The van der Waals surface area contributed by atoms with Crippen molar-refractivity contribution in [1.82, 2.24) is 14.8 Å².